The molecule has 3 aliphatic heterocycles. The maximum Gasteiger partial charge on any atom is 0.264 e. The summed E-state index contributed by atoms with van der Waals surface area (Å²) in [5.41, 5.74) is 2.12. The number of pyridine rings is 1. The summed E-state index contributed by atoms with van der Waals surface area (Å²) in [6.45, 7) is 2.86. The molecule has 3 aromatic heterocycles. The molecule has 1 unspecified atom stereocenters. The fourth-order valence-corrected chi connectivity index (χ4v) is 11.6. The van der Waals surface area contributed by atoms with Crippen molar-refractivity contribution in [2.75, 3.05) is 40.8 Å². The summed E-state index contributed by atoms with van der Waals surface area (Å²) >= 11 is 0. The smallest absolute Gasteiger partial charge is 0.264 e. The summed E-state index contributed by atoms with van der Waals surface area (Å²) in [7, 11) is -1.92. The third kappa shape index (κ3) is 9.69. The van der Waals surface area contributed by atoms with Crippen molar-refractivity contribution in [2.45, 2.75) is 109 Å². The molecule has 1 saturated carbocycles. The third-order valence-electron chi connectivity index (χ3n) is 14.1. The zero-order valence-corrected chi connectivity index (χ0v) is 39.9. The Morgan fingerprint density at radius 2 is 1.57 bits per heavy atom. The number of sulfonamides is 1. The highest BCUT2D eigenvalue weighted by molar-refractivity contribution is 7.92. The molecule has 3 fully saturated rings. The Morgan fingerprint density at radius 1 is 0.857 bits per heavy atom. The Morgan fingerprint density at radius 3 is 2.27 bits per heavy atom. The molecular weight excluding hydrogens is 923 g/mol. The van der Waals surface area contributed by atoms with Gasteiger partial charge in [-0.2, -0.15) is 0 Å². The van der Waals surface area contributed by atoms with Crippen LogP contribution in [0.25, 0.3) is 27.8 Å². The standard InChI is InChI=1S/C50H56F2N10O7S/c1-3-25-70(68,69)58-38-16-15-36(51)46(44(38)52)61-28-35(31-26-53-29-54-27-31)45-39(61)17-19-41(56-45)59(2)33-21-23-60(24-22-33)48(65)30-9-4-6-11-32(12-7-5-10-30)55-37-14-8-13-34-43(37)50(67)62(49(34)66)40-18-20-42(63)57-47(40)64/h8,13-17,19,26-30,32-33,40,55,58H,3-7,9-12,18,20-25H2,1-2H3,(H,57,63,64). The lowest BCUT2D eigenvalue weighted by Gasteiger charge is -2.38. The maximum atomic E-state index is 16.2. The van der Waals surface area contributed by atoms with Gasteiger partial charge in [0, 0.05) is 80.0 Å². The van der Waals surface area contributed by atoms with Gasteiger partial charge in [0.15, 0.2) is 5.82 Å². The number of hydrogen-bond acceptors (Lipinski definition) is 12. The summed E-state index contributed by atoms with van der Waals surface area (Å²) in [4.78, 5) is 84.0. The maximum absolute atomic E-state index is 16.2. The SMILES string of the molecule is CCCS(=O)(=O)Nc1ccc(F)c(-n2cc(-c3cncnc3)c3nc(N(C)C4CCN(C(=O)C5CCCCC(Nc6cccc7c6C(=O)N(C6CCC(=O)NC6=O)C7=O)CCCC5)CC4)ccc32)c1F. The monoisotopic (exact) mass is 978 g/mol. The number of rotatable bonds is 12. The predicted molar refractivity (Wildman–Crippen MR) is 259 cm³/mol. The van der Waals surface area contributed by atoms with Crippen LogP contribution in [0.5, 0.6) is 0 Å². The molecule has 2 aromatic carbocycles. The largest absolute Gasteiger partial charge is 0.382 e. The van der Waals surface area contributed by atoms with Gasteiger partial charge in [-0.25, -0.2) is 32.2 Å². The van der Waals surface area contributed by atoms with E-state index in [2.05, 4.69) is 30.2 Å². The van der Waals surface area contributed by atoms with E-state index in [1.807, 2.05) is 11.9 Å². The molecule has 0 bridgehead atoms. The molecule has 9 rings (SSSR count). The lowest BCUT2D eigenvalue weighted by molar-refractivity contribution is -0.137. The molecule has 1 aliphatic carbocycles. The fourth-order valence-electron chi connectivity index (χ4n) is 10.5. The van der Waals surface area contributed by atoms with Crippen molar-refractivity contribution in [3.63, 3.8) is 0 Å². The van der Waals surface area contributed by atoms with Crippen molar-refractivity contribution in [3.05, 3.63) is 90.1 Å². The number of fused-ring (bicyclic) bond motifs is 2. The Bertz CT molecular complexity index is 2950. The van der Waals surface area contributed by atoms with Crippen molar-refractivity contribution in [2.24, 2.45) is 5.92 Å². The summed E-state index contributed by atoms with van der Waals surface area (Å²) in [5, 5.41) is 5.80. The fraction of sp³-hybridized carbons (Fsp3) is 0.440. The van der Waals surface area contributed by atoms with Crippen LogP contribution in [0, 0.1) is 17.6 Å². The summed E-state index contributed by atoms with van der Waals surface area (Å²) in [6.07, 6.45) is 14.6. The minimum absolute atomic E-state index is 0.0419. The molecule has 2 saturated heterocycles. The first-order valence-corrected chi connectivity index (χ1v) is 25.8. The van der Waals surface area contributed by atoms with Crippen molar-refractivity contribution in [1.82, 2.24) is 34.6 Å². The molecule has 0 spiro atoms. The number of amides is 5. The number of carbonyl (C=O) groups excluding carboxylic acids is 5. The van der Waals surface area contributed by atoms with Gasteiger partial charge in [-0.1, -0.05) is 38.7 Å². The minimum atomic E-state index is -3.87. The van der Waals surface area contributed by atoms with Crippen LogP contribution in [-0.4, -0.2) is 111 Å². The van der Waals surface area contributed by atoms with Gasteiger partial charge in [0.2, 0.25) is 27.7 Å². The van der Waals surface area contributed by atoms with Crippen LogP contribution in [0.4, 0.5) is 26.0 Å². The van der Waals surface area contributed by atoms with Gasteiger partial charge in [0.05, 0.1) is 33.6 Å². The zero-order chi connectivity index (χ0) is 49.3. The minimum Gasteiger partial charge on any atom is -0.382 e. The van der Waals surface area contributed by atoms with Gasteiger partial charge < -0.3 is 19.7 Å². The number of halogens is 2. The van der Waals surface area contributed by atoms with E-state index in [0.29, 0.717) is 66.0 Å². The normalized spacial score (nSPS) is 20.6. The van der Waals surface area contributed by atoms with Gasteiger partial charge in [0.1, 0.15) is 29.7 Å². The first kappa shape index (κ1) is 48.2. The van der Waals surface area contributed by atoms with Crippen LogP contribution in [0.1, 0.15) is 111 Å². The Hall–Kier alpha value is -6.83. The number of likely N-dealkylation sites (tertiary alicyclic amines) is 1. The second kappa shape index (κ2) is 20.3. The van der Waals surface area contributed by atoms with Crippen LogP contribution >= 0.6 is 0 Å². The lowest BCUT2D eigenvalue weighted by Crippen LogP contribution is -2.54. The van der Waals surface area contributed by atoms with E-state index in [1.165, 1.54) is 10.9 Å². The number of benzene rings is 2. The quantitative estimate of drug-likeness (QED) is 0.108. The lowest BCUT2D eigenvalue weighted by atomic mass is 9.89. The van der Waals surface area contributed by atoms with Crippen LogP contribution < -0.4 is 20.3 Å². The van der Waals surface area contributed by atoms with E-state index >= 15 is 8.78 Å². The second-order valence-corrected chi connectivity index (χ2v) is 20.5. The summed E-state index contributed by atoms with van der Waals surface area (Å²) in [6, 6.07) is 9.79. The number of hydrogen-bond donors (Lipinski definition) is 3. The van der Waals surface area contributed by atoms with E-state index in [4.69, 9.17) is 4.98 Å². The van der Waals surface area contributed by atoms with E-state index < -0.39 is 57.0 Å². The van der Waals surface area contributed by atoms with Crippen LogP contribution in [-0.2, 0) is 24.4 Å². The number of imide groups is 2. The van der Waals surface area contributed by atoms with Gasteiger partial charge in [0.25, 0.3) is 11.8 Å². The van der Waals surface area contributed by atoms with Gasteiger partial charge in [-0.15, -0.1) is 0 Å². The molecule has 3 N–H and O–H groups in total. The summed E-state index contributed by atoms with van der Waals surface area (Å²) in [5.74, 6) is -3.62. The molecule has 5 amide bonds. The van der Waals surface area contributed by atoms with Crippen LogP contribution in [0.3, 0.4) is 0 Å². The third-order valence-corrected chi connectivity index (χ3v) is 15.6. The average Bonchev–Trinajstić information content (AvgIpc) is 3.85. The van der Waals surface area contributed by atoms with E-state index in [9.17, 15) is 32.4 Å². The molecule has 4 aliphatic rings. The molecule has 368 valence electrons. The van der Waals surface area contributed by atoms with Crippen molar-refractivity contribution in [1.29, 1.82) is 0 Å². The highest BCUT2D eigenvalue weighted by Gasteiger charge is 2.46. The molecule has 0 radical (unpaired) electrons. The number of piperidine rings is 2. The number of aromatic nitrogens is 4. The molecule has 70 heavy (non-hydrogen) atoms. The second-order valence-electron chi connectivity index (χ2n) is 18.7. The van der Waals surface area contributed by atoms with E-state index in [0.717, 1.165) is 68.4 Å². The average molecular weight is 979 g/mol. The van der Waals surface area contributed by atoms with Crippen LogP contribution in [0.2, 0.25) is 0 Å². The Balaban J connectivity index is 0.828. The van der Waals surface area contributed by atoms with Gasteiger partial charge in [-0.05, 0) is 87.8 Å². The first-order chi connectivity index (χ1) is 33.7. The van der Waals surface area contributed by atoms with Crippen LogP contribution in [0.15, 0.2) is 67.4 Å². The van der Waals surface area contributed by atoms with E-state index in [1.54, 1.807) is 55.8 Å². The van der Waals surface area contributed by atoms with E-state index in [-0.39, 0.29) is 59.3 Å². The predicted octanol–water partition coefficient (Wildman–Crippen LogP) is 6.97. The molecule has 6 heterocycles. The number of anilines is 3. The molecular formula is C50H56F2N10O7S. The highest BCUT2D eigenvalue weighted by atomic mass is 32.2. The van der Waals surface area contributed by atoms with Crippen molar-refractivity contribution in [3.8, 4) is 16.8 Å². The van der Waals surface area contributed by atoms with Gasteiger partial charge in [-0.3, -0.25) is 38.9 Å². The Labute approximate surface area is 404 Å². The van der Waals surface area contributed by atoms with Crippen molar-refractivity contribution >= 4 is 67.8 Å². The van der Waals surface area contributed by atoms with Crippen molar-refractivity contribution < 1.29 is 41.2 Å². The number of nitrogens with one attached hydrogen (secondary N) is 3. The molecule has 1 atom stereocenters. The highest BCUT2D eigenvalue weighted by Crippen LogP contribution is 2.38. The first-order valence-electron chi connectivity index (χ1n) is 24.1. The Kier molecular flexibility index (Phi) is 13.9. The number of carbonyl (C=O) groups is 5. The zero-order valence-electron chi connectivity index (χ0n) is 39.1. The molecule has 20 heteroatoms. The molecule has 5 aromatic rings. The van der Waals surface area contributed by atoms with Gasteiger partial charge >= 0.3 is 0 Å². The molecule has 17 nitrogen and oxygen atoms in total. The summed E-state index contributed by atoms with van der Waals surface area (Å²) < 4.78 is 60.5. The number of nitrogens with zero attached hydrogens (tertiary/aromatic N) is 7. The topological polar surface area (TPSA) is 209 Å².